The third-order valence-electron chi connectivity index (χ3n) is 1.87. The largest absolute Gasteiger partial charge is 0.386 e. The van der Waals surface area contributed by atoms with Gasteiger partial charge in [-0.3, -0.25) is 0 Å². The number of halogens is 2. The van der Waals surface area contributed by atoms with E-state index in [1.54, 1.807) is 46.9 Å². The van der Waals surface area contributed by atoms with Crippen LogP contribution in [0.4, 0.5) is 0 Å². The van der Waals surface area contributed by atoms with Crippen molar-refractivity contribution in [2.75, 3.05) is 6.26 Å². The average molecular weight is 361 g/mol. The Hall–Kier alpha value is 0.150. The van der Waals surface area contributed by atoms with Crippen LogP contribution in [0.3, 0.4) is 0 Å². The summed E-state index contributed by atoms with van der Waals surface area (Å²) in [6.45, 7) is 0. The maximum Gasteiger partial charge on any atom is 0.162 e. The molecular weight excluding hydrogens is 351 g/mol. The zero-order valence-corrected chi connectivity index (χ0v) is 11.6. The first-order valence-electron chi connectivity index (χ1n) is 4.09. The number of benzene rings is 1. The number of rotatable bonds is 3. The fraction of sp³-hybridized carbons (Fsp3) is 0.333. The summed E-state index contributed by atoms with van der Waals surface area (Å²) < 4.78 is 21.6. The lowest BCUT2D eigenvalue weighted by Gasteiger charge is -2.15. The third-order valence-corrected chi connectivity index (χ3v) is 6.65. The Kier molecular flexibility index (Phi) is 4.39. The summed E-state index contributed by atoms with van der Waals surface area (Å²) in [7, 11) is -3.26. The van der Waals surface area contributed by atoms with Gasteiger partial charge in [-0.2, -0.15) is 0 Å². The highest BCUT2D eigenvalue weighted by Gasteiger charge is 2.26. The fourth-order valence-corrected chi connectivity index (χ4v) is 2.21. The molecule has 0 heterocycles. The Morgan fingerprint density at radius 1 is 1.33 bits per heavy atom. The molecule has 0 fully saturated rings. The summed E-state index contributed by atoms with van der Waals surface area (Å²) in [6, 6.07) is 6.46. The minimum atomic E-state index is -3.26. The van der Waals surface area contributed by atoms with Crippen LogP contribution in [0.25, 0.3) is 0 Å². The van der Waals surface area contributed by atoms with Crippen molar-refractivity contribution in [1.29, 1.82) is 0 Å². The first-order chi connectivity index (χ1) is 6.82. The quantitative estimate of drug-likeness (QED) is 0.664. The second kappa shape index (κ2) is 4.99. The molecule has 1 rings (SSSR count). The van der Waals surface area contributed by atoms with E-state index in [1.807, 2.05) is 0 Å². The van der Waals surface area contributed by atoms with Crippen LogP contribution in [0.2, 0.25) is 5.02 Å². The molecule has 2 atom stereocenters. The molecule has 6 heteroatoms. The second-order valence-electron chi connectivity index (χ2n) is 3.18. The number of aliphatic hydroxyl groups excluding tert-OH is 1. The Morgan fingerprint density at radius 3 is 2.20 bits per heavy atom. The molecule has 0 aliphatic carbocycles. The first kappa shape index (κ1) is 13.2. The van der Waals surface area contributed by atoms with Crippen LogP contribution in [0, 0.1) is 0 Å². The average Bonchev–Trinajstić information content (AvgIpc) is 2.15. The predicted molar refractivity (Wildman–Crippen MR) is 69.1 cm³/mol. The van der Waals surface area contributed by atoms with Crippen LogP contribution in [0.15, 0.2) is 24.3 Å². The van der Waals surface area contributed by atoms with Crippen molar-refractivity contribution >= 4 is 44.0 Å². The van der Waals surface area contributed by atoms with Crippen LogP contribution in [0.5, 0.6) is 0 Å². The number of alkyl halides is 1. The molecule has 0 spiro atoms. The van der Waals surface area contributed by atoms with Crippen molar-refractivity contribution in [3.8, 4) is 0 Å². The summed E-state index contributed by atoms with van der Waals surface area (Å²) in [5.74, 6) is 0. The zero-order chi connectivity index (χ0) is 11.6. The van der Waals surface area contributed by atoms with Crippen molar-refractivity contribution in [3.05, 3.63) is 34.9 Å². The SMILES string of the molecule is CS(=O)(=O)[C@@H](I)[C@H](O)c1ccc(Cl)cc1. The molecule has 0 amide bonds. The molecule has 0 bridgehead atoms. The molecule has 0 radical (unpaired) electrons. The van der Waals surface area contributed by atoms with Crippen LogP contribution in [-0.4, -0.2) is 23.0 Å². The van der Waals surface area contributed by atoms with Gasteiger partial charge in [-0.05, 0) is 17.7 Å². The number of aliphatic hydroxyl groups is 1. The Balaban J connectivity index is 2.95. The van der Waals surface area contributed by atoms with E-state index < -0.39 is 19.2 Å². The highest BCUT2D eigenvalue weighted by atomic mass is 127. The smallest absolute Gasteiger partial charge is 0.162 e. The number of hydrogen-bond donors (Lipinski definition) is 1. The van der Waals surface area contributed by atoms with Gasteiger partial charge in [0.1, 0.15) is 9.36 Å². The molecule has 0 aromatic heterocycles. The summed E-state index contributed by atoms with van der Waals surface area (Å²) >= 11 is 7.40. The molecule has 0 saturated heterocycles. The summed E-state index contributed by atoms with van der Waals surface area (Å²) in [4.78, 5) is 0. The van der Waals surface area contributed by atoms with Crippen LogP contribution in [0.1, 0.15) is 11.7 Å². The highest BCUT2D eigenvalue weighted by Crippen LogP contribution is 2.27. The monoisotopic (exact) mass is 360 g/mol. The molecule has 0 saturated carbocycles. The first-order valence-corrected chi connectivity index (χ1v) is 7.66. The summed E-state index contributed by atoms with van der Waals surface area (Å²) in [5.41, 5.74) is 0.546. The van der Waals surface area contributed by atoms with Gasteiger partial charge in [-0.25, -0.2) is 8.42 Å². The lowest BCUT2D eigenvalue weighted by Crippen LogP contribution is -2.21. The predicted octanol–water partition coefficient (Wildman–Crippen LogP) is 2.18. The molecule has 0 unspecified atom stereocenters. The molecule has 0 aliphatic rings. The van der Waals surface area contributed by atoms with Crippen molar-refractivity contribution in [2.24, 2.45) is 0 Å². The van der Waals surface area contributed by atoms with Gasteiger partial charge < -0.3 is 5.11 Å². The van der Waals surface area contributed by atoms with Crippen LogP contribution >= 0.6 is 34.2 Å². The molecule has 1 aromatic rings. The van der Waals surface area contributed by atoms with Gasteiger partial charge in [0.15, 0.2) is 9.84 Å². The van der Waals surface area contributed by atoms with Gasteiger partial charge >= 0.3 is 0 Å². The van der Waals surface area contributed by atoms with E-state index in [0.717, 1.165) is 6.26 Å². The van der Waals surface area contributed by atoms with Gasteiger partial charge in [-0.15, -0.1) is 0 Å². The van der Waals surface area contributed by atoms with E-state index in [4.69, 9.17) is 11.6 Å². The van der Waals surface area contributed by atoms with Gasteiger partial charge in [0.2, 0.25) is 0 Å². The van der Waals surface area contributed by atoms with Crippen molar-refractivity contribution in [2.45, 2.75) is 9.36 Å². The van der Waals surface area contributed by atoms with Gasteiger partial charge in [-0.1, -0.05) is 46.3 Å². The molecule has 84 valence electrons. The Labute approximate surface area is 108 Å². The fourth-order valence-electron chi connectivity index (χ4n) is 1.05. The highest BCUT2D eigenvalue weighted by molar-refractivity contribution is 14.1. The topological polar surface area (TPSA) is 54.4 Å². The van der Waals surface area contributed by atoms with E-state index >= 15 is 0 Å². The molecular formula is C9H10ClIO3S. The third kappa shape index (κ3) is 3.58. The maximum atomic E-state index is 11.2. The standard InChI is InChI=1S/C9H10ClIO3S/c1-15(13,14)9(11)8(12)6-2-4-7(10)5-3-6/h2-5,8-9,12H,1H3/t8-,9-/m1/s1. The van der Waals surface area contributed by atoms with Gasteiger partial charge in [0.25, 0.3) is 0 Å². The van der Waals surface area contributed by atoms with Crippen molar-refractivity contribution in [3.63, 3.8) is 0 Å². The van der Waals surface area contributed by atoms with Crippen LogP contribution < -0.4 is 0 Å². The van der Waals surface area contributed by atoms with Crippen LogP contribution in [-0.2, 0) is 9.84 Å². The molecule has 0 aliphatic heterocycles. The van der Waals surface area contributed by atoms with E-state index in [2.05, 4.69) is 0 Å². The van der Waals surface area contributed by atoms with E-state index in [-0.39, 0.29) is 0 Å². The summed E-state index contributed by atoms with van der Waals surface area (Å²) in [5, 5.41) is 10.3. The minimum Gasteiger partial charge on any atom is -0.386 e. The van der Waals surface area contributed by atoms with Gasteiger partial charge in [0, 0.05) is 11.3 Å². The lowest BCUT2D eigenvalue weighted by molar-refractivity contribution is 0.197. The van der Waals surface area contributed by atoms with E-state index in [0.29, 0.717) is 10.6 Å². The Bertz CT molecular complexity index is 429. The van der Waals surface area contributed by atoms with E-state index in [1.165, 1.54) is 0 Å². The van der Waals surface area contributed by atoms with Crippen molar-refractivity contribution in [1.82, 2.24) is 0 Å². The van der Waals surface area contributed by atoms with Crippen molar-refractivity contribution < 1.29 is 13.5 Å². The number of sulfone groups is 1. The molecule has 1 aromatic carbocycles. The molecule has 1 N–H and O–H groups in total. The van der Waals surface area contributed by atoms with Gasteiger partial charge in [0.05, 0.1) is 0 Å². The Morgan fingerprint density at radius 2 is 1.80 bits per heavy atom. The number of hydrogen-bond acceptors (Lipinski definition) is 3. The normalized spacial score (nSPS) is 16.0. The zero-order valence-electron chi connectivity index (χ0n) is 7.89. The minimum absolute atomic E-state index is 0.546. The molecule has 15 heavy (non-hydrogen) atoms. The van der Waals surface area contributed by atoms with E-state index in [9.17, 15) is 13.5 Å². The molecule has 3 nitrogen and oxygen atoms in total. The summed E-state index contributed by atoms with van der Waals surface area (Å²) in [6.07, 6.45) is 0.0707. The maximum absolute atomic E-state index is 11.2. The second-order valence-corrected chi connectivity index (χ2v) is 7.97. The lowest BCUT2D eigenvalue weighted by atomic mass is 10.1.